The third-order valence-electron chi connectivity index (χ3n) is 6.87. The van der Waals surface area contributed by atoms with Gasteiger partial charge in [0.2, 0.25) is 5.95 Å². The Bertz CT molecular complexity index is 1730. The minimum Gasteiger partial charge on any atom is -0.394 e. The van der Waals surface area contributed by atoms with Gasteiger partial charge < -0.3 is 46.3 Å². The number of nitrogens with two attached hydrogens (primary N) is 2. The molecule has 9 atom stereocenters. The van der Waals surface area contributed by atoms with Gasteiger partial charge >= 0.3 is 7.82 Å². The molecule has 226 valence electrons. The molecule has 0 aromatic carbocycles. The number of aliphatic hydroxyl groups is 4. The molecular formula is C20H25N10O11P. The zero-order valence-electron chi connectivity index (χ0n) is 21.2. The molecule has 0 spiro atoms. The number of hydrogen-bond acceptors (Lipinski definition) is 17. The number of phosphoric ester groups is 1. The number of ether oxygens (including phenoxy) is 2. The standard InChI is InChI=1S/C20H25N10O11P/c21-14-8-15(24-3-23-14)29(4-25-8)18-11(33)10(32)7(40-18)2-38-42(36,37)41-13-6(1-31)39-19(12(13)34)30-5-26-9-16(30)27-20(22)28-17(9)35/h3-7,10-13,18-19,31-34H,1-2H2,(H,36,37)(H2,21,23,24)(H3,22,27,28,35). The number of nitrogens with zero attached hydrogens (tertiary/aromatic N) is 7. The van der Waals surface area contributed by atoms with E-state index in [0.717, 1.165) is 10.9 Å². The first kappa shape index (κ1) is 28.5. The Morgan fingerprint density at radius 2 is 1.62 bits per heavy atom. The van der Waals surface area contributed by atoms with Gasteiger partial charge in [-0.2, -0.15) is 4.98 Å². The molecule has 0 amide bonds. The molecule has 6 rings (SSSR count). The van der Waals surface area contributed by atoms with Crippen molar-refractivity contribution in [2.75, 3.05) is 24.7 Å². The summed E-state index contributed by atoms with van der Waals surface area (Å²) in [6.45, 7) is -1.48. The van der Waals surface area contributed by atoms with Crippen molar-refractivity contribution >= 4 is 41.9 Å². The molecule has 0 bridgehead atoms. The fraction of sp³-hybridized carbons (Fsp3) is 0.500. The van der Waals surface area contributed by atoms with E-state index in [-0.39, 0.29) is 34.1 Å². The highest BCUT2D eigenvalue weighted by atomic mass is 31.2. The molecule has 0 saturated carbocycles. The molecule has 2 aliphatic heterocycles. The van der Waals surface area contributed by atoms with Crippen LogP contribution in [-0.2, 0) is 23.1 Å². The molecule has 6 heterocycles. The van der Waals surface area contributed by atoms with E-state index in [1.807, 2.05) is 0 Å². The molecule has 2 saturated heterocycles. The van der Waals surface area contributed by atoms with Crippen LogP contribution in [0.4, 0.5) is 11.8 Å². The largest absolute Gasteiger partial charge is 0.472 e. The zero-order chi connectivity index (χ0) is 29.9. The number of nitrogens with one attached hydrogen (secondary N) is 1. The summed E-state index contributed by atoms with van der Waals surface area (Å²) in [5.74, 6) is -0.148. The summed E-state index contributed by atoms with van der Waals surface area (Å²) < 4.78 is 36.8. The van der Waals surface area contributed by atoms with E-state index in [4.69, 9.17) is 30.0 Å². The topological polar surface area (TPSA) is 314 Å². The van der Waals surface area contributed by atoms with Gasteiger partial charge in [-0.1, -0.05) is 0 Å². The molecule has 2 fully saturated rings. The van der Waals surface area contributed by atoms with Gasteiger partial charge in [0.1, 0.15) is 48.5 Å². The van der Waals surface area contributed by atoms with Crippen molar-refractivity contribution in [1.82, 2.24) is 39.0 Å². The van der Waals surface area contributed by atoms with Gasteiger partial charge in [0.15, 0.2) is 35.1 Å². The van der Waals surface area contributed by atoms with Gasteiger partial charge in [0, 0.05) is 0 Å². The highest BCUT2D eigenvalue weighted by Gasteiger charge is 2.50. The van der Waals surface area contributed by atoms with E-state index in [1.54, 1.807) is 0 Å². The zero-order valence-corrected chi connectivity index (χ0v) is 22.1. The van der Waals surface area contributed by atoms with Crippen LogP contribution in [0.5, 0.6) is 0 Å². The number of aliphatic hydroxyl groups excluding tert-OH is 4. The third kappa shape index (κ3) is 4.80. The molecule has 22 heteroatoms. The van der Waals surface area contributed by atoms with Gasteiger partial charge in [0.25, 0.3) is 5.56 Å². The fourth-order valence-electron chi connectivity index (χ4n) is 4.86. The number of anilines is 2. The molecule has 21 nitrogen and oxygen atoms in total. The predicted octanol–water partition coefficient (Wildman–Crippen LogP) is -3.50. The van der Waals surface area contributed by atoms with Crippen LogP contribution in [0.2, 0.25) is 0 Å². The van der Waals surface area contributed by atoms with Gasteiger partial charge in [0.05, 0.1) is 25.9 Å². The van der Waals surface area contributed by atoms with E-state index in [0.29, 0.717) is 0 Å². The number of aromatic amines is 1. The average Bonchev–Trinajstić information content (AvgIpc) is 3.69. The molecule has 42 heavy (non-hydrogen) atoms. The van der Waals surface area contributed by atoms with Gasteiger partial charge in [-0.25, -0.2) is 24.5 Å². The lowest BCUT2D eigenvalue weighted by molar-refractivity contribution is -0.0585. The quantitative estimate of drug-likeness (QED) is 0.0894. The number of rotatable bonds is 8. The maximum absolute atomic E-state index is 12.9. The lowest BCUT2D eigenvalue weighted by Gasteiger charge is -2.23. The lowest BCUT2D eigenvalue weighted by atomic mass is 10.1. The van der Waals surface area contributed by atoms with Crippen LogP contribution in [-0.4, -0.2) is 114 Å². The van der Waals surface area contributed by atoms with Crippen molar-refractivity contribution in [3.8, 4) is 0 Å². The first-order chi connectivity index (χ1) is 20.0. The van der Waals surface area contributed by atoms with Gasteiger partial charge in [-0.3, -0.25) is 28.0 Å². The third-order valence-corrected chi connectivity index (χ3v) is 7.85. The van der Waals surface area contributed by atoms with Crippen LogP contribution in [0.1, 0.15) is 12.5 Å². The second-order valence-electron chi connectivity index (χ2n) is 9.48. The predicted molar refractivity (Wildman–Crippen MR) is 136 cm³/mol. The SMILES string of the molecule is Nc1nc2c(ncn2C2OC(CO)C(OP(=O)(O)OCC3OC(n4cnc5c(N)ncnc54)C(O)C3O)C2O)c(=O)[nH]1. The Morgan fingerprint density at radius 3 is 2.36 bits per heavy atom. The Hall–Kier alpha value is -3.63. The highest BCUT2D eigenvalue weighted by Crippen LogP contribution is 2.49. The van der Waals surface area contributed by atoms with Crippen LogP contribution in [0.3, 0.4) is 0 Å². The Morgan fingerprint density at radius 1 is 0.952 bits per heavy atom. The summed E-state index contributed by atoms with van der Waals surface area (Å²) in [4.78, 5) is 44.7. The molecule has 0 aliphatic carbocycles. The second kappa shape index (κ2) is 10.6. The normalized spacial score (nSPS) is 31.3. The summed E-state index contributed by atoms with van der Waals surface area (Å²) in [6.07, 6.45) is -8.00. The van der Waals surface area contributed by atoms with Gasteiger partial charge in [-0.15, -0.1) is 0 Å². The minimum absolute atomic E-state index is 0.0543. The molecule has 9 unspecified atom stereocenters. The van der Waals surface area contributed by atoms with Crippen molar-refractivity contribution in [3.05, 3.63) is 29.3 Å². The van der Waals surface area contributed by atoms with Crippen molar-refractivity contribution in [2.24, 2.45) is 0 Å². The van der Waals surface area contributed by atoms with E-state index in [2.05, 4.69) is 29.9 Å². The summed E-state index contributed by atoms with van der Waals surface area (Å²) in [5, 5.41) is 41.8. The number of nitrogen functional groups attached to an aromatic ring is 2. The molecule has 4 aromatic rings. The number of phosphoric acid groups is 1. The first-order valence-corrected chi connectivity index (χ1v) is 13.8. The fourth-order valence-corrected chi connectivity index (χ4v) is 5.82. The maximum Gasteiger partial charge on any atom is 0.472 e. The van der Waals surface area contributed by atoms with Crippen molar-refractivity contribution in [1.29, 1.82) is 0 Å². The summed E-state index contributed by atoms with van der Waals surface area (Å²) in [7, 11) is -5.02. The van der Waals surface area contributed by atoms with Crippen LogP contribution < -0.4 is 17.0 Å². The van der Waals surface area contributed by atoms with E-state index < -0.39 is 75.7 Å². The van der Waals surface area contributed by atoms with Crippen LogP contribution in [0, 0.1) is 0 Å². The Balaban J connectivity index is 1.15. The number of H-pyrrole nitrogens is 1. The monoisotopic (exact) mass is 612 g/mol. The highest BCUT2D eigenvalue weighted by molar-refractivity contribution is 7.47. The van der Waals surface area contributed by atoms with Crippen LogP contribution >= 0.6 is 7.82 Å². The Kier molecular flexibility index (Phi) is 7.17. The molecular weight excluding hydrogens is 587 g/mol. The summed E-state index contributed by atoms with van der Waals surface area (Å²) >= 11 is 0. The Labute approximate surface area is 232 Å². The van der Waals surface area contributed by atoms with E-state index in [1.165, 1.54) is 17.2 Å². The molecule has 10 N–H and O–H groups in total. The second-order valence-corrected chi connectivity index (χ2v) is 10.9. The van der Waals surface area contributed by atoms with Crippen LogP contribution in [0.15, 0.2) is 23.8 Å². The van der Waals surface area contributed by atoms with Crippen molar-refractivity contribution < 1.29 is 48.4 Å². The lowest BCUT2D eigenvalue weighted by Crippen LogP contribution is -2.36. The first-order valence-electron chi connectivity index (χ1n) is 12.3. The number of hydrogen-bond donors (Lipinski definition) is 8. The molecule has 0 radical (unpaired) electrons. The summed E-state index contributed by atoms with van der Waals surface area (Å²) in [6, 6.07) is 0. The van der Waals surface area contributed by atoms with Crippen molar-refractivity contribution in [3.63, 3.8) is 0 Å². The average molecular weight is 612 g/mol. The minimum atomic E-state index is -5.02. The smallest absolute Gasteiger partial charge is 0.394 e. The molecule has 2 aliphatic rings. The number of aromatic nitrogens is 8. The molecule has 4 aromatic heterocycles. The van der Waals surface area contributed by atoms with Gasteiger partial charge in [-0.05, 0) is 0 Å². The summed E-state index contributed by atoms with van der Waals surface area (Å²) in [5.41, 5.74) is 11.0. The van der Waals surface area contributed by atoms with E-state index in [9.17, 15) is 34.7 Å². The maximum atomic E-state index is 12.9. The number of fused-ring (bicyclic) bond motifs is 2. The van der Waals surface area contributed by atoms with Crippen molar-refractivity contribution in [2.45, 2.75) is 49.1 Å². The number of imidazole rings is 2. The van der Waals surface area contributed by atoms with E-state index >= 15 is 0 Å². The van der Waals surface area contributed by atoms with Crippen LogP contribution in [0.25, 0.3) is 22.3 Å².